The minimum Gasteiger partial charge on any atom is -0.508 e. The van der Waals surface area contributed by atoms with Crippen molar-refractivity contribution in [3.05, 3.63) is 185 Å². The predicted octanol–water partition coefficient (Wildman–Crippen LogP) is 12.8. The molecule has 0 aliphatic rings. The molecule has 1 N–H and O–H groups in total. The lowest BCUT2D eigenvalue weighted by Gasteiger charge is -2.05. The predicted molar refractivity (Wildman–Crippen MR) is 244 cm³/mol. The van der Waals surface area contributed by atoms with Gasteiger partial charge in [-0.1, -0.05) is 90.5 Å². The Kier molecular flexibility index (Phi) is 22.4. The summed E-state index contributed by atoms with van der Waals surface area (Å²) >= 11 is 13.5. The van der Waals surface area contributed by atoms with Crippen molar-refractivity contribution in [1.29, 1.82) is 0 Å². The zero-order valence-electron chi connectivity index (χ0n) is 32.8. The van der Waals surface area contributed by atoms with Crippen LogP contribution in [0.15, 0.2) is 146 Å². The number of aromatic hydroxyl groups is 1. The van der Waals surface area contributed by atoms with Crippen LogP contribution in [0.1, 0.15) is 38.9 Å². The first-order valence-corrected chi connectivity index (χ1v) is 21.4. The van der Waals surface area contributed by atoms with Gasteiger partial charge >= 0.3 is 0 Å². The summed E-state index contributed by atoms with van der Waals surface area (Å²) in [6, 6.07) is 48.1. The number of phenolic OH excluding ortho intramolecular Hbond substituents is 1. The van der Waals surface area contributed by atoms with Crippen LogP contribution in [0, 0.1) is 6.92 Å². The molecule has 0 unspecified atom stereocenters. The monoisotopic (exact) mass is 828 g/mol. The minimum absolute atomic E-state index is 0.331. The molecule has 0 radical (unpaired) electrons. The Morgan fingerprint density at radius 2 is 0.696 bits per heavy atom. The van der Waals surface area contributed by atoms with Crippen molar-refractivity contribution in [3.8, 4) is 28.7 Å². The number of hydrogen-bond acceptors (Lipinski definition) is 8. The van der Waals surface area contributed by atoms with Crippen molar-refractivity contribution < 1.29 is 24.1 Å². The molecule has 0 heterocycles. The second-order valence-corrected chi connectivity index (χ2v) is 14.9. The van der Waals surface area contributed by atoms with Crippen molar-refractivity contribution in [2.24, 2.45) is 0 Å². The highest BCUT2D eigenvalue weighted by molar-refractivity contribution is 7.97. The van der Waals surface area contributed by atoms with Gasteiger partial charge in [-0.2, -0.15) is 36.2 Å². The van der Waals surface area contributed by atoms with E-state index in [0.717, 1.165) is 57.3 Å². The first-order chi connectivity index (χ1) is 27.3. The standard InChI is InChI=1S/C16H18O2S.C15H16OS.C8H9ClO.C8H10OS/c1-17-15-7-3-13(4-8-15)11-19-12-14-5-9-16(18-2)10-6-14;1-12-2-4-13(5-3-12)10-17-11-14-6-8-15(16)9-7-14;1-10-8-4-2-7(6-9)3-5-8;1-9-8-4-2-7(6-10)3-5-8/h3-10H,11-12H2,1-2H3;2-9,16H,10-11H2,1H3;2-5H,6H2,1H3;2-5,10H,6H2,1H3. The first kappa shape index (κ1) is 46.0. The SMILES string of the molecule is COc1ccc(CCl)cc1.COc1ccc(CS)cc1.COc1ccc(CSCc2ccc(OC)cc2)cc1.Cc1ccc(CSCc2ccc(O)cc2)cc1. The second kappa shape index (κ2) is 27.3. The summed E-state index contributed by atoms with van der Waals surface area (Å²) in [7, 11) is 6.69. The summed E-state index contributed by atoms with van der Waals surface area (Å²) in [5.74, 6) is 9.28. The molecule has 0 aliphatic carbocycles. The number of thiol groups is 1. The van der Waals surface area contributed by atoms with Gasteiger partial charge in [-0.3, -0.25) is 0 Å². The molecule has 0 aliphatic heterocycles. The molecule has 5 nitrogen and oxygen atoms in total. The lowest BCUT2D eigenvalue weighted by atomic mass is 10.2. The number of aryl methyl sites for hydroxylation is 1. The topological polar surface area (TPSA) is 57.2 Å². The highest BCUT2D eigenvalue weighted by Crippen LogP contribution is 2.22. The van der Waals surface area contributed by atoms with Crippen LogP contribution in [0.5, 0.6) is 28.7 Å². The number of ether oxygens (including phenoxy) is 4. The maximum absolute atomic E-state index is 9.18. The van der Waals surface area contributed by atoms with E-state index in [2.05, 4.69) is 68.1 Å². The van der Waals surface area contributed by atoms with Crippen LogP contribution in [0.4, 0.5) is 0 Å². The average Bonchev–Trinajstić information content (AvgIpc) is 3.26. The highest BCUT2D eigenvalue weighted by Gasteiger charge is 1.99. The molecule has 0 saturated carbocycles. The third kappa shape index (κ3) is 18.5. The second-order valence-electron chi connectivity index (χ2n) is 12.3. The molecule has 9 heteroatoms. The lowest BCUT2D eigenvalue weighted by molar-refractivity contribution is 0.414. The fourth-order valence-corrected chi connectivity index (χ4v) is 7.04. The van der Waals surface area contributed by atoms with Crippen LogP contribution < -0.4 is 18.9 Å². The zero-order valence-corrected chi connectivity index (χ0v) is 36.1. The molecular formula is C47H53ClO5S3. The van der Waals surface area contributed by atoms with Gasteiger partial charge in [0.2, 0.25) is 0 Å². The molecule has 56 heavy (non-hydrogen) atoms. The fraction of sp³-hybridized carbons (Fsp3) is 0.234. The normalized spacial score (nSPS) is 9.98. The van der Waals surface area contributed by atoms with E-state index in [9.17, 15) is 5.11 Å². The summed E-state index contributed by atoms with van der Waals surface area (Å²) in [6.07, 6.45) is 0. The number of halogens is 1. The van der Waals surface area contributed by atoms with Crippen LogP contribution in [0.25, 0.3) is 0 Å². The summed E-state index contributed by atoms with van der Waals surface area (Å²) in [4.78, 5) is 0. The molecule has 0 aromatic heterocycles. The Balaban J connectivity index is 0.000000208. The fourth-order valence-electron chi connectivity index (χ4n) is 4.74. The molecule has 0 fully saturated rings. The lowest BCUT2D eigenvalue weighted by Crippen LogP contribution is -1.86. The van der Waals surface area contributed by atoms with Crippen LogP contribution in [0.3, 0.4) is 0 Å². The Bertz CT molecular complexity index is 1700. The minimum atomic E-state index is 0.331. The molecule has 0 saturated heterocycles. The number of phenols is 1. The van der Waals surface area contributed by atoms with E-state index in [0.29, 0.717) is 11.6 Å². The van der Waals surface area contributed by atoms with E-state index in [1.165, 1.54) is 33.4 Å². The van der Waals surface area contributed by atoms with E-state index < -0.39 is 0 Å². The molecule has 0 atom stereocenters. The molecular weight excluding hydrogens is 776 g/mol. The Morgan fingerprint density at radius 1 is 0.429 bits per heavy atom. The number of methoxy groups -OCH3 is 4. The number of thioether (sulfide) groups is 2. The largest absolute Gasteiger partial charge is 0.508 e. The third-order valence-corrected chi connectivity index (χ3v) is 10.9. The maximum Gasteiger partial charge on any atom is 0.118 e. The zero-order chi connectivity index (χ0) is 40.4. The third-order valence-electron chi connectivity index (χ3n) is 8.10. The van der Waals surface area contributed by atoms with Gasteiger partial charge in [-0.25, -0.2) is 0 Å². The van der Waals surface area contributed by atoms with Crippen LogP contribution in [-0.2, 0) is 34.6 Å². The smallest absolute Gasteiger partial charge is 0.118 e. The van der Waals surface area contributed by atoms with E-state index in [1.807, 2.05) is 108 Å². The van der Waals surface area contributed by atoms with E-state index in [4.69, 9.17) is 30.5 Å². The molecule has 0 amide bonds. The summed E-state index contributed by atoms with van der Waals surface area (Å²) < 4.78 is 20.3. The van der Waals surface area contributed by atoms with Crippen LogP contribution in [0.2, 0.25) is 0 Å². The molecule has 0 bridgehead atoms. The van der Waals surface area contributed by atoms with Crippen molar-refractivity contribution >= 4 is 47.8 Å². The van der Waals surface area contributed by atoms with Crippen LogP contribution in [-0.4, -0.2) is 33.5 Å². The van der Waals surface area contributed by atoms with E-state index in [-0.39, 0.29) is 0 Å². The number of rotatable bonds is 14. The Hall–Kier alpha value is -4.34. The van der Waals surface area contributed by atoms with E-state index in [1.54, 1.807) is 40.6 Å². The molecule has 296 valence electrons. The molecule has 6 aromatic carbocycles. The number of alkyl halides is 1. The number of benzene rings is 6. The quantitative estimate of drug-likeness (QED) is 0.0838. The van der Waals surface area contributed by atoms with E-state index >= 15 is 0 Å². The summed E-state index contributed by atoms with van der Waals surface area (Å²) in [6.45, 7) is 2.10. The summed E-state index contributed by atoms with van der Waals surface area (Å²) in [5, 5.41) is 9.18. The van der Waals surface area contributed by atoms with Gasteiger partial charge in [0.05, 0.1) is 28.4 Å². The first-order valence-electron chi connectivity index (χ1n) is 18.0. The van der Waals surface area contributed by atoms with Gasteiger partial charge in [0.25, 0.3) is 0 Å². The summed E-state index contributed by atoms with van der Waals surface area (Å²) in [5.41, 5.74) is 8.88. The van der Waals surface area contributed by atoms with Gasteiger partial charge in [0.15, 0.2) is 0 Å². The van der Waals surface area contributed by atoms with Crippen LogP contribution >= 0.6 is 47.8 Å². The highest BCUT2D eigenvalue weighted by atomic mass is 35.5. The van der Waals surface area contributed by atoms with Crippen molar-refractivity contribution in [2.45, 2.75) is 41.6 Å². The molecule has 0 spiro atoms. The van der Waals surface area contributed by atoms with Crippen molar-refractivity contribution in [2.75, 3.05) is 28.4 Å². The van der Waals surface area contributed by atoms with Crippen molar-refractivity contribution in [1.82, 2.24) is 0 Å². The van der Waals surface area contributed by atoms with Gasteiger partial charge in [-0.15, -0.1) is 11.6 Å². The van der Waals surface area contributed by atoms with Gasteiger partial charge < -0.3 is 24.1 Å². The Labute approximate surface area is 353 Å². The van der Waals surface area contributed by atoms with Gasteiger partial charge in [-0.05, 0) is 101 Å². The van der Waals surface area contributed by atoms with Crippen molar-refractivity contribution in [3.63, 3.8) is 0 Å². The van der Waals surface area contributed by atoms with Gasteiger partial charge in [0, 0.05) is 34.6 Å². The average molecular weight is 830 g/mol. The number of hydrogen-bond donors (Lipinski definition) is 2. The maximum atomic E-state index is 9.18. The molecule has 6 rings (SSSR count). The van der Waals surface area contributed by atoms with Gasteiger partial charge in [0.1, 0.15) is 28.7 Å². The Morgan fingerprint density at radius 3 is 0.982 bits per heavy atom. The molecule has 6 aromatic rings.